The Morgan fingerprint density at radius 2 is 2.06 bits per heavy atom. The van der Waals surface area contributed by atoms with E-state index in [1.807, 2.05) is 20.8 Å². The smallest absolute Gasteiger partial charge is 0.407 e. The molecule has 1 saturated heterocycles. The maximum Gasteiger partial charge on any atom is 0.407 e. The average molecular weight is 265 g/mol. The first-order valence-corrected chi connectivity index (χ1v) is 6.05. The second kappa shape index (κ2) is 6.45. The van der Waals surface area contributed by atoms with Crippen LogP contribution in [0.1, 0.15) is 41.0 Å². The lowest BCUT2D eigenvalue weighted by Crippen LogP contribution is -2.42. The van der Waals surface area contributed by atoms with E-state index in [2.05, 4.69) is 24.1 Å². The molecule has 0 radical (unpaired) electrons. The van der Waals surface area contributed by atoms with E-state index < -0.39 is 5.60 Å². The van der Waals surface area contributed by atoms with Crippen LogP contribution in [0, 0.1) is 0 Å². The molecule has 1 amide bonds. The molecule has 0 spiro atoms. The van der Waals surface area contributed by atoms with E-state index in [0.29, 0.717) is 6.04 Å². The first-order valence-electron chi connectivity index (χ1n) is 6.05. The van der Waals surface area contributed by atoms with E-state index in [0.717, 1.165) is 19.5 Å². The summed E-state index contributed by atoms with van der Waals surface area (Å²) in [7, 11) is 0. The molecule has 102 valence electrons. The normalized spacial score (nSPS) is 24.5. The molecule has 3 unspecified atom stereocenters. The fraction of sp³-hybridized carbons (Fsp3) is 0.917. The fourth-order valence-corrected chi connectivity index (χ4v) is 1.58. The first-order chi connectivity index (χ1) is 7.31. The van der Waals surface area contributed by atoms with Crippen LogP contribution >= 0.6 is 12.4 Å². The summed E-state index contributed by atoms with van der Waals surface area (Å²) in [5, 5.41) is 2.91. The zero-order valence-electron chi connectivity index (χ0n) is 11.4. The molecule has 0 aromatic heterocycles. The zero-order valence-corrected chi connectivity index (χ0v) is 12.3. The summed E-state index contributed by atoms with van der Waals surface area (Å²) in [5.74, 6) is 0. The van der Waals surface area contributed by atoms with Crippen molar-refractivity contribution in [2.24, 2.45) is 0 Å². The number of carbonyl (C=O) groups excluding carboxylic acids is 1. The molecule has 0 aromatic rings. The molecule has 1 aliphatic heterocycles. The van der Waals surface area contributed by atoms with Gasteiger partial charge in [0.2, 0.25) is 0 Å². The maximum absolute atomic E-state index is 11.6. The van der Waals surface area contributed by atoms with Crippen molar-refractivity contribution in [1.82, 2.24) is 10.2 Å². The highest BCUT2D eigenvalue weighted by Gasteiger charge is 2.31. The van der Waals surface area contributed by atoms with Gasteiger partial charge in [0.1, 0.15) is 5.60 Å². The number of alkyl carbamates (subject to hydrolysis) is 1. The van der Waals surface area contributed by atoms with Gasteiger partial charge >= 0.3 is 6.09 Å². The summed E-state index contributed by atoms with van der Waals surface area (Å²) >= 11 is 0. The van der Waals surface area contributed by atoms with Gasteiger partial charge in [0.15, 0.2) is 0 Å². The van der Waals surface area contributed by atoms with Gasteiger partial charge in [-0.15, -0.1) is 12.4 Å². The summed E-state index contributed by atoms with van der Waals surface area (Å²) < 4.78 is 5.23. The van der Waals surface area contributed by atoms with Gasteiger partial charge in [0, 0.05) is 25.2 Å². The van der Waals surface area contributed by atoms with E-state index in [1.165, 1.54) is 0 Å². The lowest BCUT2D eigenvalue weighted by Gasteiger charge is -2.23. The standard InChI is InChI=1S/C12H24N2O2.ClH/c1-6-10(8-14-7-9(14)2)13-11(15)16-12(3,4)5;/h9-10H,6-8H2,1-5H3,(H,13,15);1H. The van der Waals surface area contributed by atoms with Crippen molar-refractivity contribution >= 4 is 18.5 Å². The summed E-state index contributed by atoms with van der Waals surface area (Å²) in [6.45, 7) is 12.0. The molecule has 0 aliphatic carbocycles. The summed E-state index contributed by atoms with van der Waals surface area (Å²) in [4.78, 5) is 13.9. The van der Waals surface area contributed by atoms with Crippen LogP contribution in [0.3, 0.4) is 0 Å². The van der Waals surface area contributed by atoms with Crippen molar-refractivity contribution in [3.63, 3.8) is 0 Å². The second-order valence-corrected chi connectivity index (χ2v) is 5.55. The maximum atomic E-state index is 11.6. The summed E-state index contributed by atoms with van der Waals surface area (Å²) in [6.07, 6.45) is 0.622. The van der Waals surface area contributed by atoms with E-state index in [9.17, 15) is 4.79 Å². The molecule has 1 aliphatic rings. The monoisotopic (exact) mass is 264 g/mol. The van der Waals surface area contributed by atoms with Crippen LogP contribution in [0.25, 0.3) is 0 Å². The Morgan fingerprint density at radius 1 is 1.53 bits per heavy atom. The predicted octanol–water partition coefficient (Wildman–Crippen LogP) is 2.42. The van der Waals surface area contributed by atoms with Crippen LogP contribution in [0.2, 0.25) is 0 Å². The Bertz CT molecular complexity index is 253. The van der Waals surface area contributed by atoms with E-state index in [4.69, 9.17) is 4.74 Å². The van der Waals surface area contributed by atoms with Gasteiger partial charge in [0.25, 0.3) is 0 Å². The Morgan fingerprint density at radius 3 is 2.41 bits per heavy atom. The number of nitrogens with one attached hydrogen (secondary N) is 1. The second-order valence-electron chi connectivity index (χ2n) is 5.55. The highest BCUT2D eigenvalue weighted by molar-refractivity contribution is 5.85. The minimum absolute atomic E-state index is 0. The van der Waals surface area contributed by atoms with Crippen molar-refractivity contribution in [3.05, 3.63) is 0 Å². The van der Waals surface area contributed by atoms with Gasteiger partial charge in [-0.2, -0.15) is 0 Å². The van der Waals surface area contributed by atoms with Crippen molar-refractivity contribution in [3.8, 4) is 0 Å². The van der Waals surface area contributed by atoms with Crippen LogP contribution in [-0.4, -0.2) is 41.8 Å². The van der Waals surface area contributed by atoms with Gasteiger partial charge < -0.3 is 10.1 Å². The lowest BCUT2D eigenvalue weighted by molar-refractivity contribution is 0.0498. The molecule has 1 N–H and O–H groups in total. The van der Waals surface area contributed by atoms with Crippen molar-refractivity contribution in [1.29, 1.82) is 0 Å². The minimum atomic E-state index is -0.421. The topological polar surface area (TPSA) is 41.3 Å². The molecule has 4 nitrogen and oxygen atoms in total. The van der Waals surface area contributed by atoms with Crippen LogP contribution in [0.5, 0.6) is 0 Å². The summed E-state index contributed by atoms with van der Waals surface area (Å²) in [6, 6.07) is 0.870. The number of halogens is 1. The van der Waals surface area contributed by atoms with E-state index in [-0.39, 0.29) is 24.5 Å². The van der Waals surface area contributed by atoms with Crippen LogP contribution in [-0.2, 0) is 4.74 Å². The molecule has 0 bridgehead atoms. The van der Waals surface area contributed by atoms with Gasteiger partial charge in [-0.05, 0) is 34.1 Å². The molecule has 0 saturated carbocycles. The van der Waals surface area contributed by atoms with Crippen LogP contribution < -0.4 is 5.32 Å². The summed E-state index contributed by atoms with van der Waals surface area (Å²) in [5.41, 5.74) is -0.421. The predicted molar refractivity (Wildman–Crippen MR) is 71.7 cm³/mol. The quantitative estimate of drug-likeness (QED) is 0.793. The molecule has 1 heterocycles. The SMILES string of the molecule is CCC(CN1CC1C)NC(=O)OC(C)(C)C.Cl. The van der Waals surface area contributed by atoms with Gasteiger partial charge in [0.05, 0.1) is 0 Å². The van der Waals surface area contributed by atoms with Gasteiger partial charge in [-0.3, -0.25) is 4.90 Å². The third-order valence-electron chi connectivity index (χ3n) is 2.66. The number of nitrogens with zero attached hydrogens (tertiary/aromatic N) is 1. The Labute approximate surface area is 110 Å². The average Bonchev–Trinajstić information content (AvgIpc) is 2.77. The highest BCUT2D eigenvalue weighted by Crippen LogP contribution is 2.17. The number of ether oxygens (including phenoxy) is 1. The molecule has 5 heteroatoms. The third kappa shape index (κ3) is 6.74. The minimum Gasteiger partial charge on any atom is -0.444 e. The zero-order chi connectivity index (χ0) is 12.3. The molecular formula is C12H25ClN2O2. The molecule has 0 aromatic carbocycles. The Hall–Kier alpha value is -0.480. The highest BCUT2D eigenvalue weighted by atomic mass is 35.5. The molecule has 1 rings (SSSR count). The van der Waals surface area contributed by atoms with Crippen LogP contribution in [0.15, 0.2) is 0 Å². The number of hydrogen-bond donors (Lipinski definition) is 1. The molecular weight excluding hydrogens is 240 g/mol. The van der Waals surface area contributed by atoms with Crippen molar-refractivity contribution < 1.29 is 9.53 Å². The largest absolute Gasteiger partial charge is 0.444 e. The number of hydrogen-bond acceptors (Lipinski definition) is 3. The van der Waals surface area contributed by atoms with Crippen molar-refractivity contribution in [2.45, 2.75) is 58.7 Å². The molecule has 3 atom stereocenters. The Kier molecular flexibility index (Phi) is 6.27. The van der Waals surface area contributed by atoms with Gasteiger partial charge in [-0.1, -0.05) is 6.92 Å². The third-order valence-corrected chi connectivity index (χ3v) is 2.66. The first kappa shape index (κ1) is 16.5. The fourth-order valence-electron chi connectivity index (χ4n) is 1.58. The van der Waals surface area contributed by atoms with Crippen molar-refractivity contribution in [2.75, 3.05) is 13.1 Å². The number of amides is 1. The Balaban J connectivity index is 0.00000256. The lowest BCUT2D eigenvalue weighted by atomic mass is 10.2. The molecule has 17 heavy (non-hydrogen) atoms. The van der Waals surface area contributed by atoms with E-state index >= 15 is 0 Å². The number of rotatable bonds is 4. The van der Waals surface area contributed by atoms with Crippen LogP contribution in [0.4, 0.5) is 4.79 Å². The van der Waals surface area contributed by atoms with E-state index in [1.54, 1.807) is 0 Å². The van der Waals surface area contributed by atoms with Gasteiger partial charge in [-0.25, -0.2) is 4.79 Å². The molecule has 1 fully saturated rings. The number of carbonyl (C=O) groups is 1.